The van der Waals surface area contributed by atoms with Crippen LogP contribution in [0.25, 0.3) is 0 Å². The summed E-state index contributed by atoms with van der Waals surface area (Å²) in [6, 6.07) is 18.4. The summed E-state index contributed by atoms with van der Waals surface area (Å²) in [5, 5.41) is 3.26. The Hall–Kier alpha value is -2.40. The fourth-order valence-corrected chi connectivity index (χ4v) is 3.20. The quantitative estimate of drug-likeness (QED) is 0.730. The molecule has 0 radical (unpaired) electrons. The fourth-order valence-electron chi connectivity index (χ4n) is 2.82. The molecule has 1 aromatic heterocycles. The van der Waals surface area contributed by atoms with Gasteiger partial charge < -0.3 is 10.2 Å². The lowest BCUT2D eigenvalue weighted by Crippen LogP contribution is -2.15. The highest BCUT2D eigenvalue weighted by atomic mass is 79.9. The van der Waals surface area contributed by atoms with E-state index in [-0.39, 0.29) is 0 Å². The van der Waals surface area contributed by atoms with Crippen molar-refractivity contribution in [3.05, 3.63) is 70.8 Å². The van der Waals surface area contributed by atoms with E-state index in [0.717, 1.165) is 28.9 Å². The Morgan fingerprint density at radius 2 is 1.83 bits per heavy atom. The Morgan fingerprint density at radius 3 is 2.74 bits per heavy atom. The number of halogens is 1. The molecule has 0 spiro atoms. The van der Waals surface area contributed by atoms with Gasteiger partial charge in [-0.15, -0.1) is 0 Å². The number of hydrogen-bond donors (Lipinski definition) is 1. The Bertz CT molecular complexity index is 850. The number of hydrogen-bond acceptors (Lipinski definition) is 4. The minimum absolute atomic E-state index is 0.596. The van der Waals surface area contributed by atoms with Crippen molar-refractivity contribution >= 4 is 39.1 Å². The van der Waals surface area contributed by atoms with Crippen LogP contribution in [0.5, 0.6) is 0 Å². The third-order valence-corrected chi connectivity index (χ3v) is 4.62. The number of para-hydroxylation sites is 2. The van der Waals surface area contributed by atoms with Crippen molar-refractivity contribution in [3.8, 4) is 0 Å². The van der Waals surface area contributed by atoms with Crippen molar-refractivity contribution in [1.29, 1.82) is 0 Å². The zero-order chi connectivity index (χ0) is 15.6. The highest BCUT2D eigenvalue weighted by Gasteiger charge is 2.21. The van der Waals surface area contributed by atoms with Crippen LogP contribution in [0.4, 0.5) is 23.1 Å². The number of anilines is 4. The van der Waals surface area contributed by atoms with Crippen LogP contribution in [0.1, 0.15) is 5.56 Å². The number of rotatable bonds is 3. The molecule has 3 aromatic rings. The largest absolute Gasteiger partial charge is 0.326 e. The van der Waals surface area contributed by atoms with E-state index in [1.165, 1.54) is 11.3 Å². The molecule has 1 aliphatic heterocycles. The van der Waals surface area contributed by atoms with Gasteiger partial charge in [-0.05, 0) is 52.2 Å². The molecular weight excluding hydrogens is 352 g/mol. The van der Waals surface area contributed by atoms with Crippen molar-refractivity contribution < 1.29 is 0 Å². The van der Waals surface area contributed by atoms with Gasteiger partial charge in [-0.1, -0.05) is 30.3 Å². The normalized spacial score (nSPS) is 13.0. The van der Waals surface area contributed by atoms with E-state index >= 15 is 0 Å². The lowest BCUT2D eigenvalue weighted by Gasteiger charge is -2.18. The van der Waals surface area contributed by atoms with Gasteiger partial charge in [-0.2, -0.15) is 4.98 Å². The number of benzene rings is 2. The monoisotopic (exact) mass is 366 g/mol. The van der Waals surface area contributed by atoms with Gasteiger partial charge in [0.25, 0.3) is 0 Å². The third kappa shape index (κ3) is 2.80. The molecule has 23 heavy (non-hydrogen) atoms. The average molecular weight is 367 g/mol. The van der Waals surface area contributed by atoms with E-state index in [0.29, 0.717) is 5.95 Å². The van der Waals surface area contributed by atoms with Crippen LogP contribution >= 0.6 is 15.9 Å². The molecule has 0 fully saturated rings. The maximum absolute atomic E-state index is 4.67. The number of fused-ring (bicyclic) bond motifs is 1. The average Bonchev–Trinajstić information content (AvgIpc) is 3.01. The summed E-state index contributed by atoms with van der Waals surface area (Å²) in [6.07, 6.45) is 2.84. The molecule has 4 rings (SSSR count). The number of nitrogens with zero attached hydrogens (tertiary/aromatic N) is 3. The first-order valence-electron chi connectivity index (χ1n) is 7.51. The minimum atomic E-state index is 0.596. The second-order valence-corrected chi connectivity index (χ2v) is 6.23. The van der Waals surface area contributed by atoms with Gasteiger partial charge in [0, 0.05) is 22.9 Å². The fraction of sp³-hybridized carbons (Fsp3) is 0.111. The van der Waals surface area contributed by atoms with Crippen LogP contribution in [0, 0.1) is 0 Å². The van der Waals surface area contributed by atoms with Crippen LogP contribution in [-0.2, 0) is 6.42 Å². The van der Waals surface area contributed by atoms with Crippen molar-refractivity contribution in [2.75, 3.05) is 16.8 Å². The van der Waals surface area contributed by atoms with Crippen LogP contribution in [0.3, 0.4) is 0 Å². The van der Waals surface area contributed by atoms with Crippen molar-refractivity contribution in [3.63, 3.8) is 0 Å². The lowest BCUT2D eigenvalue weighted by molar-refractivity contribution is 0.966. The van der Waals surface area contributed by atoms with Crippen LogP contribution in [0.2, 0.25) is 0 Å². The molecule has 114 valence electrons. The predicted octanol–water partition coefficient (Wildman–Crippen LogP) is 4.68. The first kappa shape index (κ1) is 14.2. The summed E-state index contributed by atoms with van der Waals surface area (Å²) < 4.78 is 0.987. The molecule has 5 heteroatoms. The molecular formula is C18H15BrN4. The summed E-state index contributed by atoms with van der Waals surface area (Å²) in [7, 11) is 0. The molecule has 2 heterocycles. The lowest BCUT2D eigenvalue weighted by atomic mass is 10.2. The Morgan fingerprint density at radius 1 is 1.00 bits per heavy atom. The van der Waals surface area contributed by atoms with Crippen LogP contribution in [0.15, 0.2) is 65.3 Å². The number of nitrogens with one attached hydrogen (secondary N) is 1. The zero-order valence-corrected chi connectivity index (χ0v) is 14.0. The molecule has 0 saturated carbocycles. The maximum Gasteiger partial charge on any atom is 0.229 e. The van der Waals surface area contributed by atoms with Crippen LogP contribution in [-0.4, -0.2) is 16.5 Å². The molecule has 4 nitrogen and oxygen atoms in total. The van der Waals surface area contributed by atoms with Gasteiger partial charge in [0.1, 0.15) is 5.82 Å². The van der Waals surface area contributed by atoms with Gasteiger partial charge in [-0.25, -0.2) is 4.98 Å². The van der Waals surface area contributed by atoms with Gasteiger partial charge in [-0.3, -0.25) is 0 Å². The molecule has 0 aliphatic carbocycles. The standard InChI is InChI=1S/C18H15BrN4/c19-14-6-2-3-7-15(14)21-18-20-11-9-17(22-18)23-12-10-13-5-1-4-8-16(13)23/h1-9,11H,10,12H2,(H,20,21,22). The maximum atomic E-state index is 4.67. The van der Waals surface area contributed by atoms with E-state index < -0.39 is 0 Å². The highest BCUT2D eigenvalue weighted by Crippen LogP contribution is 2.33. The molecule has 1 aliphatic rings. The number of aromatic nitrogens is 2. The van der Waals surface area contributed by atoms with Gasteiger partial charge >= 0.3 is 0 Å². The minimum Gasteiger partial charge on any atom is -0.326 e. The second-order valence-electron chi connectivity index (χ2n) is 5.37. The van der Waals surface area contributed by atoms with Crippen LogP contribution < -0.4 is 10.2 Å². The first-order valence-corrected chi connectivity index (χ1v) is 8.30. The third-order valence-electron chi connectivity index (χ3n) is 3.92. The first-order chi connectivity index (χ1) is 11.3. The smallest absolute Gasteiger partial charge is 0.229 e. The Balaban J connectivity index is 1.64. The molecule has 2 aromatic carbocycles. The van der Waals surface area contributed by atoms with Gasteiger partial charge in [0.15, 0.2) is 0 Å². The molecule has 1 N–H and O–H groups in total. The van der Waals surface area contributed by atoms with E-state index in [2.05, 4.69) is 60.4 Å². The van der Waals surface area contributed by atoms with E-state index in [9.17, 15) is 0 Å². The summed E-state index contributed by atoms with van der Waals surface area (Å²) >= 11 is 3.53. The summed E-state index contributed by atoms with van der Waals surface area (Å²) in [4.78, 5) is 11.2. The Kier molecular flexibility index (Phi) is 3.71. The van der Waals surface area contributed by atoms with Gasteiger partial charge in [0.05, 0.1) is 5.69 Å². The van der Waals surface area contributed by atoms with Gasteiger partial charge in [0.2, 0.25) is 5.95 Å². The predicted molar refractivity (Wildman–Crippen MR) is 96.6 cm³/mol. The summed E-state index contributed by atoms with van der Waals surface area (Å²) in [6.45, 7) is 0.949. The Labute approximate surface area is 143 Å². The van der Waals surface area contributed by atoms with E-state index in [4.69, 9.17) is 0 Å². The molecule has 0 amide bonds. The van der Waals surface area contributed by atoms with E-state index in [1.54, 1.807) is 6.20 Å². The van der Waals surface area contributed by atoms with Crippen molar-refractivity contribution in [1.82, 2.24) is 9.97 Å². The van der Waals surface area contributed by atoms with Crippen molar-refractivity contribution in [2.24, 2.45) is 0 Å². The summed E-state index contributed by atoms with van der Waals surface area (Å²) in [5.74, 6) is 1.51. The molecule has 0 saturated heterocycles. The van der Waals surface area contributed by atoms with E-state index in [1.807, 2.05) is 30.3 Å². The highest BCUT2D eigenvalue weighted by molar-refractivity contribution is 9.10. The second kappa shape index (κ2) is 6.01. The molecule has 0 unspecified atom stereocenters. The zero-order valence-electron chi connectivity index (χ0n) is 12.4. The summed E-state index contributed by atoms with van der Waals surface area (Å²) in [5.41, 5.74) is 3.55. The topological polar surface area (TPSA) is 41.1 Å². The molecule has 0 atom stereocenters. The SMILES string of the molecule is Brc1ccccc1Nc1nccc(N2CCc3ccccc32)n1. The molecule has 0 bridgehead atoms. The van der Waals surface area contributed by atoms with Crippen molar-refractivity contribution in [2.45, 2.75) is 6.42 Å².